The molecule has 0 radical (unpaired) electrons. The highest BCUT2D eigenvalue weighted by molar-refractivity contribution is 5.85. The fourth-order valence-corrected chi connectivity index (χ4v) is 2.37. The molecular weight excluding hydrogens is 270 g/mol. The van der Waals surface area contributed by atoms with Crippen LogP contribution in [-0.2, 0) is 27.3 Å². The molecule has 21 heavy (non-hydrogen) atoms. The van der Waals surface area contributed by atoms with E-state index in [1.807, 2.05) is 45.0 Å². The van der Waals surface area contributed by atoms with Crippen molar-refractivity contribution in [2.45, 2.75) is 45.4 Å². The average molecular weight is 291 g/mol. The third-order valence-corrected chi connectivity index (χ3v) is 3.48. The van der Waals surface area contributed by atoms with Crippen molar-refractivity contribution >= 4 is 11.9 Å². The number of carbonyl (C=O) groups is 2. The highest BCUT2D eigenvalue weighted by Crippen LogP contribution is 2.24. The number of amides is 1. The van der Waals surface area contributed by atoms with Gasteiger partial charge >= 0.3 is 5.97 Å². The zero-order valence-corrected chi connectivity index (χ0v) is 12.6. The number of hydrogen-bond donors (Lipinski definition) is 1. The molecule has 0 spiro atoms. The van der Waals surface area contributed by atoms with Crippen LogP contribution in [0.1, 0.15) is 31.9 Å². The Kier molecular flexibility index (Phi) is 4.32. The average Bonchev–Trinajstić information content (AvgIpc) is 2.42. The smallest absolute Gasteiger partial charge is 0.326 e. The van der Waals surface area contributed by atoms with E-state index >= 15 is 0 Å². The SMILES string of the molecule is CC(C)(C)OCC(=O)N1Cc2ccccc2C[C@@H]1C(=O)O. The fourth-order valence-electron chi connectivity index (χ4n) is 2.37. The van der Waals surface area contributed by atoms with Crippen LogP contribution in [0, 0.1) is 0 Å². The van der Waals surface area contributed by atoms with Crippen LogP contribution in [0.4, 0.5) is 0 Å². The number of fused-ring (bicyclic) bond motifs is 1. The van der Waals surface area contributed by atoms with E-state index in [1.165, 1.54) is 4.90 Å². The Labute approximate surface area is 124 Å². The molecule has 2 rings (SSSR count). The number of carboxylic acids is 1. The molecule has 1 atom stereocenters. The largest absolute Gasteiger partial charge is 0.480 e. The van der Waals surface area contributed by atoms with Crippen LogP contribution in [0.25, 0.3) is 0 Å². The minimum Gasteiger partial charge on any atom is -0.480 e. The maximum absolute atomic E-state index is 12.3. The van der Waals surface area contributed by atoms with E-state index in [2.05, 4.69) is 0 Å². The van der Waals surface area contributed by atoms with E-state index in [4.69, 9.17) is 4.74 Å². The summed E-state index contributed by atoms with van der Waals surface area (Å²) in [4.78, 5) is 25.2. The first kappa shape index (κ1) is 15.5. The lowest BCUT2D eigenvalue weighted by atomic mass is 9.94. The highest BCUT2D eigenvalue weighted by Gasteiger charge is 2.34. The van der Waals surface area contributed by atoms with Gasteiger partial charge in [0, 0.05) is 13.0 Å². The van der Waals surface area contributed by atoms with Crippen molar-refractivity contribution in [3.8, 4) is 0 Å². The van der Waals surface area contributed by atoms with Crippen LogP contribution in [0.3, 0.4) is 0 Å². The summed E-state index contributed by atoms with van der Waals surface area (Å²) in [5.74, 6) is -1.26. The molecule has 5 heteroatoms. The molecular formula is C16H21NO4. The summed E-state index contributed by atoms with van der Waals surface area (Å²) in [6.45, 7) is 5.80. The second kappa shape index (κ2) is 5.85. The fraction of sp³-hybridized carbons (Fsp3) is 0.500. The van der Waals surface area contributed by atoms with Crippen molar-refractivity contribution in [3.63, 3.8) is 0 Å². The van der Waals surface area contributed by atoms with E-state index in [0.717, 1.165) is 11.1 Å². The van der Waals surface area contributed by atoms with Gasteiger partial charge in [-0.15, -0.1) is 0 Å². The van der Waals surface area contributed by atoms with Crippen LogP contribution in [-0.4, -0.2) is 40.1 Å². The Bertz CT molecular complexity index is 547. The van der Waals surface area contributed by atoms with E-state index in [-0.39, 0.29) is 12.5 Å². The van der Waals surface area contributed by atoms with Crippen LogP contribution in [0.2, 0.25) is 0 Å². The molecule has 1 heterocycles. The van der Waals surface area contributed by atoms with Crippen molar-refractivity contribution in [2.75, 3.05) is 6.61 Å². The van der Waals surface area contributed by atoms with Gasteiger partial charge in [-0.25, -0.2) is 4.79 Å². The molecule has 0 bridgehead atoms. The van der Waals surface area contributed by atoms with Crippen LogP contribution >= 0.6 is 0 Å². The monoisotopic (exact) mass is 291 g/mol. The predicted octanol–water partition coefficient (Wildman–Crippen LogP) is 1.84. The molecule has 1 aromatic carbocycles. The van der Waals surface area contributed by atoms with Crippen molar-refractivity contribution < 1.29 is 19.4 Å². The summed E-state index contributed by atoms with van der Waals surface area (Å²) in [5.41, 5.74) is 1.56. The number of carboxylic acid groups (broad SMARTS) is 1. The summed E-state index contributed by atoms with van der Waals surface area (Å²) in [6.07, 6.45) is 0.340. The molecule has 0 fully saturated rings. The highest BCUT2D eigenvalue weighted by atomic mass is 16.5. The van der Waals surface area contributed by atoms with E-state index in [1.54, 1.807) is 0 Å². The molecule has 0 saturated carbocycles. The molecule has 1 N–H and O–H groups in total. The minimum absolute atomic E-state index is 0.102. The van der Waals surface area contributed by atoms with Crippen LogP contribution < -0.4 is 0 Å². The number of hydrogen-bond acceptors (Lipinski definition) is 3. The van der Waals surface area contributed by atoms with Gasteiger partial charge in [-0.1, -0.05) is 24.3 Å². The van der Waals surface area contributed by atoms with Gasteiger partial charge in [0.25, 0.3) is 0 Å². The molecule has 0 aliphatic carbocycles. The molecule has 1 aliphatic heterocycles. The first-order valence-corrected chi connectivity index (χ1v) is 7.01. The second-order valence-corrected chi connectivity index (χ2v) is 6.25. The minimum atomic E-state index is -0.978. The maximum Gasteiger partial charge on any atom is 0.326 e. The number of rotatable bonds is 3. The van der Waals surface area contributed by atoms with Gasteiger partial charge in [0.05, 0.1) is 5.60 Å². The number of ether oxygens (including phenoxy) is 1. The number of benzene rings is 1. The van der Waals surface area contributed by atoms with E-state index in [9.17, 15) is 14.7 Å². The maximum atomic E-state index is 12.3. The molecule has 0 saturated heterocycles. The van der Waals surface area contributed by atoms with Gasteiger partial charge in [-0.05, 0) is 31.9 Å². The van der Waals surface area contributed by atoms with E-state index < -0.39 is 17.6 Å². The molecule has 5 nitrogen and oxygen atoms in total. The van der Waals surface area contributed by atoms with Crippen molar-refractivity contribution in [1.82, 2.24) is 4.90 Å². The Morgan fingerprint density at radius 1 is 1.29 bits per heavy atom. The Morgan fingerprint density at radius 2 is 1.90 bits per heavy atom. The van der Waals surface area contributed by atoms with Gasteiger partial charge in [0.1, 0.15) is 12.6 Å². The number of aliphatic carboxylic acids is 1. The van der Waals surface area contributed by atoms with Gasteiger partial charge in [-0.2, -0.15) is 0 Å². The summed E-state index contributed by atoms with van der Waals surface area (Å²) >= 11 is 0. The van der Waals surface area contributed by atoms with Crippen molar-refractivity contribution in [2.24, 2.45) is 0 Å². The van der Waals surface area contributed by atoms with E-state index in [0.29, 0.717) is 13.0 Å². The lowest BCUT2D eigenvalue weighted by molar-refractivity contribution is -0.155. The van der Waals surface area contributed by atoms with Gasteiger partial charge in [-0.3, -0.25) is 4.79 Å². The Balaban J connectivity index is 2.17. The van der Waals surface area contributed by atoms with Gasteiger partial charge in [0.15, 0.2) is 0 Å². The second-order valence-electron chi connectivity index (χ2n) is 6.25. The standard InChI is InChI=1S/C16H21NO4/c1-16(2,3)21-10-14(18)17-9-12-7-5-4-6-11(12)8-13(17)15(19)20/h4-7,13H,8-10H2,1-3H3,(H,19,20)/t13-/m1/s1. The topological polar surface area (TPSA) is 66.8 Å². The molecule has 1 aromatic rings. The third kappa shape index (κ3) is 3.82. The summed E-state index contributed by atoms with van der Waals surface area (Å²) in [5, 5.41) is 9.38. The summed E-state index contributed by atoms with van der Waals surface area (Å²) < 4.78 is 5.48. The number of nitrogens with zero attached hydrogens (tertiary/aromatic N) is 1. The Hall–Kier alpha value is -1.88. The molecule has 114 valence electrons. The molecule has 1 aliphatic rings. The molecule has 0 unspecified atom stereocenters. The van der Waals surface area contributed by atoms with Gasteiger partial charge < -0.3 is 14.7 Å². The summed E-state index contributed by atoms with van der Waals surface area (Å²) in [7, 11) is 0. The van der Waals surface area contributed by atoms with Crippen LogP contribution in [0.5, 0.6) is 0 Å². The zero-order chi connectivity index (χ0) is 15.6. The molecule has 0 aromatic heterocycles. The quantitative estimate of drug-likeness (QED) is 0.922. The van der Waals surface area contributed by atoms with Crippen molar-refractivity contribution in [1.29, 1.82) is 0 Å². The molecule has 1 amide bonds. The lowest BCUT2D eigenvalue weighted by Gasteiger charge is -2.35. The first-order valence-electron chi connectivity index (χ1n) is 7.01. The van der Waals surface area contributed by atoms with Crippen LogP contribution in [0.15, 0.2) is 24.3 Å². The first-order chi connectivity index (χ1) is 9.78. The van der Waals surface area contributed by atoms with Gasteiger partial charge in [0.2, 0.25) is 5.91 Å². The predicted molar refractivity (Wildman–Crippen MR) is 77.8 cm³/mol. The Morgan fingerprint density at radius 3 is 2.48 bits per heavy atom. The lowest BCUT2D eigenvalue weighted by Crippen LogP contribution is -2.50. The zero-order valence-electron chi connectivity index (χ0n) is 12.6. The third-order valence-electron chi connectivity index (χ3n) is 3.48. The van der Waals surface area contributed by atoms with Crippen molar-refractivity contribution in [3.05, 3.63) is 35.4 Å². The normalized spacial score (nSPS) is 18.2. The number of carbonyl (C=O) groups excluding carboxylic acids is 1. The summed E-state index contributed by atoms with van der Waals surface area (Å²) in [6, 6.07) is 6.81.